The Bertz CT molecular complexity index is 1180. The van der Waals surface area contributed by atoms with Crippen LogP contribution in [0.5, 0.6) is 11.5 Å². The van der Waals surface area contributed by atoms with Crippen LogP contribution in [0, 0.1) is 5.92 Å². The third-order valence-electron chi connectivity index (χ3n) is 8.01. The zero-order chi connectivity index (χ0) is 28.3. The van der Waals surface area contributed by atoms with Crippen molar-refractivity contribution in [3.8, 4) is 11.5 Å². The second-order valence-electron chi connectivity index (χ2n) is 11.4. The van der Waals surface area contributed by atoms with E-state index in [1.807, 2.05) is 35.2 Å². The van der Waals surface area contributed by atoms with Crippen molar-refractivity contribution in [2.45, 2.75) is 69.9 Å². The predicted octanol–water partition coefficient (Wildman–Crippen LogP) is 4.39. The molecule has 216 valence electrons. The van der Waals surface area contributed by atoms with Crippen LogP contribution in [0.15, 0.2) is 42.6 Å². The number of nitrogens with zero attached hydrogens (tertiary/aromatic N) is 3. The van der Waals surface area contributed by atoms with Gasteiger partial charge in [0.25, 0.3) is 5.92 Å². The summed E-state index contributed by atoms with van der Waals surface area (Å²) in [4.78, 5) is 32.7. The number of likely N-dealkylation sites (tertiary alicyclic amines) is 1. The number of anilines is 1. The first kappa shape index (κ1) is 28.1. The van der Waals surface area contributed by atoms with E-state index < -0.39 is 11.8 Å². The molecule has 5 rings (SSSR count). The van der Waals surface area contributed by atoms with E-state index in [1.165, 1.54) is 6.92 Å². The number of aromatic nitrogens is 1. The van der Waals surface area contributed by atoms with E-state index in [0.29, 0.717) is 25.3 Å². The number of rotatable bonds is 10. The molecule has 1 aliphatic carbocycles. The third-order valence-corrected chi connectivity index (χ3v) is 8.01. The molecule has 1 saturated carbocycles. The Morgan fingerprint density at radius 3 is 2.52 bits per heavy atom. The summed E-state index contributed by atoms with van der Waals surface area (Å²) in [6.45, 7) is 6.40. The summed E-state index contributed by atoms with van der Waals surface area (Å²) in [6, 6.07) is 11.6. The average Bonchev–Trinajstić information content (AvgIpc) is 3.29. The van der Waals surface area contributed by atoms with Crippen molar-refractivity contribution in [3.63, 3.8) is 0 Å². The van der Waals surface area contributed by atoms with Gasteiger partial charge in [-0.05, 0) is 48.6 Å². The Hall–Kier alpha value is -3.43. The molecule has 1 aromatic heterocycles. The van der Waals surface area contributed by atoms with Gasteiger partial charge in [-0.2, -0.15) is 0 Å². The van der Waals surface area contributed by atoms with E-state index in [0.717, 1.165) is 49.5 Å². The molecule has 8 nitrogen and oxygen atoms in total. The summed E-state index contributed by atoms with van der Waals surface area (Å²) < 4.78 is 37.7. The summed E-state index contributed by atoms with van der Waals surface area (Å²) in [5.74, 6) is -1.04. The zero-order valence-corrected chi connectivity index (χ0v) is 23.2. The number of amides is 2. The lowest BCUT2D eigenvalue weighted by Crippen LogP contribution is -2.49. The largest absolute Gasteiger partial charge is 0.491 e. The van der Waals surface area contributed by atoms with Gasteiger partial charge >= 0.3 is 0 Å². The van der Waals surface area contributed by atoms with Crippen molar-refractivity contribution in [2.75, 3.05) is 37.7 Å². The minimum atomic E-state index is -2.58. The zero-order valence-electron chi connectivity index (χ0n) is 23.2. The van der Waals surface area contributed by atoms with Crippen LogP contribution in [0.25, 0.3) is 0 Å². The molecule has 3 unspecified atom stereocenters. The number of carbonyl (C=O) groups excluding carboxylic acids is 2. The van der Waals surface area contributed by atoms with Gasteiger partial charge in [-0.1, -0.05) is 19.1 Å². The summed E-state index contributed by atoms with van der Waals surface area (Å²) in [6.07, 6.45) is 4.60. The summed E-state index contributed by atoms with van der Waals surface area (Å²) in [5.41, 5.74) is 1.08. The van der Waals surface area contributed by atoms with Crippen molar-refractivity contribution in [2.24, 2.45) is 5.92 Å². The second-order valence-corrected chi connectivity index (χ2v) is 11.4. The Morgan fingerprint density at radius 1 is 1.10 bits per heavy atom. The molecule has 0 radical (unpaired) electrons. The lowest BCUT2D eigenvalue weighted by molar-refractivity contribution is -0.133. The number of pyridine rings is 1. The van der Waals surface area contributed by atoms with Gasteiger partial charge in [0.15, 0.2) is 0 Å². The minimum absolute atomic E-state index is 0.0142. The first-order chi connectivity index (χ1) is 19.2. The lowest BCUT2D eigenvalue weighted by atomic mass is 9.96. The first-order valence-electron chi connectivity index (χ1n) is 14.2. The molecule has 1 N–H and O–H groups in total. The van der Waals surface area contributed by atoms with Crippen molar-refractivity contribution < 1.29 is 27.8 Å². The van der Waals surface area contributed by atoms with Gasteiger partial charge in [-0.15, -0.1) is 0 Å². The third kappa shape index (κ3) is 7.20. The van der Waals surface area contributed by atoms with Crippen molar-refractivity contribution in [1.29, 1.82) is 0 Å². The Labute approximate surface area is 234 Å². The fourth-order valence-corrected chi connectivity index (χ4v) is 5.51. The SMILES string of the molecule is CC(=O)NC1CCCN(C(=O)C[C@@H](C)c2ccc(OC3CCN(c4ccc(OCC5CC5(F)F)cn4)C3)cc2)C1. The summed E-state index contributed by atoms with van der Waals surface area (Å²) in [7, 11) is 0. The van der Waals surface area contributed by atoms with Crippen LogP contribution in [0.4, 0.5) is 14.6 Å². The maximum Gasteiger partial charge on any atom is 0.255 e. The number of alkyl halides is 2. The Morgan fingerprint density at radius 2 is 1.85 bits per heavy atom. The van der Waals surface area contributed by atoms with E-state index in [1.54, 1.807) is 12.3 Å². The molecule has 2 aliphatic heterocycles. The van der Waals surface area contributed by atoms with Crippen LogP contribution in [0.3, 0.4) is 0 Å². The highest BCUT2D eigenvalue weighted by Crippen LogP contribution is 2.48. The molecular weight excluding hydrogens is 518 g/mol. The Balaban J connectivity index is 1.06. The van der Waals surface area contributed by atoms with Crippen molar-refractivity contribution in [1.82, 2.24) is 15.2 Å². The number of ether oxygens (including phenoxy) is 2. The summed E-state index contributed by atoms with van der Waals surface area (Å²) in [5, 5.41) is 2.93. The molecule has 2 aromatic rings. The molecule has 0 spiro atoms. The molecule has 2 saturated heterocycles. The summed E-state index contributed by atoms with van der Waals surface area (Å²) >= 11 is 0. The number of benzene rings is 1. The highest BCUT2D eigenvalue weighted by molar-refractivity contribution is 5.77. The Kier molecular flexibility index (Phi) is 8.42. The van der Waals surface area contributed by atoms with Gasteiger partial charge in [0.2, 0.25) is 11.8 Å². The highest BCUT2D eigenvalue weighted by atomic mass is 19.3. The second kappa shape index (κ2) is 12.0. The van der Waals surface area contributed by atoms with Crippen LogP contribution in [0.2, 0.25) is 0 Å². The molecule has 3 aliphatic rings. The fraction of sp³-hybridized carbons (Fsp3) is 0.567. The van der Waals surface area contributed by atoms with Crippen LogP contribution >= 0.6 is 0 Å². The molecule has 2 amide bonds. The number of halogens is 2. The van der Waals surface area contributed by atoms with E-state index >= 15 is 0 Å². The fourth-order valence-electron chi connectivity index (χ4n) is 5.51. The number of hydrogen-bond donors (Lipinski definition) is 1. The molecule has 4 atom stereocenters. The van der Waals surface area contributed by atoms with Gasteiger partial charge < -0.3 is 24.6 Å². The van der Waals surface area contributed by atoms with E-state index in [9.17, 15) is 18.4 Å². The molecule has 3 heterocycles. The molecule has 3 fully saturated rings. The number of carbonyl (C=O) groups is 2. The van der Waals surface area contributed by atoms with Crippen molar-refractivity contribution >= 4 is 17.6 Å². The lowest BCUT2D eigenvalue weighted by Gasteiger charge is -2.33. The van der Waals surface area contributed by atoms with Gasteiger partial charge in [-0.25, -0.2) is 13.8 Å². The number of nitrogens with one attached hydrogen (secondary N) is 1. The first-order valence-corrected chi connectivity index (χ1v) is 14.2. The van der Waals surface area contributed by atoms with Gasteiger partial charge in [-0.3, -0.25) is 9.59 Å². The predicted molar refractivity (Wildman–Crippen MR) is 147 cm³/mol. The van der Waals surface area contributed by atoms with Crippen molar-refractivity contribution in [3.05, 3.63) is 48.2 Å². The van der Waals surface area contributed by atoms with Crippen LogP contribution < -0.4 is 19.7 Å². The number of hydrogen-bond acceptors (Lipinski definition) is 6. The highest BCUT2D eigenvalue weighted by Gasteiger charge is 2.57. The van der Waals surface area contributed by atoms with E-state index in [-0.39, 0.29) is 42.9 Å². The normalized spacial score (nSPS) is 24.4. The molecule has 40 heavy (non-hydrogen) atoms. The molecular formula is C30H38F2N4O4. The average molecular weight is 557 g/mol. The van der Waals surface area contributed by atoms with Crippen LogP contribution in [0.1, 0.15) is 57.4 Å². The number of piperidine rings is 1. The van der Waals surface area contributed by atoms with Crippen LogP contribution in [-0.4, -0.2) is 72.6 Å². The van der Waals surface area contributed by atoms with Crippen LogP contribution in [-0.2, 0) is 9.59 Å². The standard InChI is InChI=1S/C30H38F2N4O4/c1-20(14-29(38)36-12-3-4-24(17-36)34-21(2)37)22-5-7-25(8-6-22)40-27-11-13-35(18-27)28-10-9-26(16-33-28)39-19-23-15-30(23,31)32/h5-10,16,20,23-24,27H,3-4,11-15,17-19H2,1-2H3,(H,34,37)/t20-,23?,24?,27?/m1/s1. The topological polar surface area (TPSA) is 84.0 Å². The molecule has 10 heteroatoms. The molecule has 1 aromatic carbocycles. The minimum Gasteiger partial charge on any atom is -0.491 e. The van der Waals surface area contributed by atoms with E-state index in [4.69, 9.17) is 9.47 Å². The molecule has 0 bridgehead atoms. The van der Waals surface area contributed by atoms with Gasteiger partial charge in [0.05, 0.1) is 25.3 Å². The smallest absolute Gasteiger partial charge is 0.255 e. The van der Waals surface area contributed by atoms with Gasteiger partial charge in [0.1, 0.15) is 23.4 Å². The maximum absolute atomic E-state index is 13.0. The van der Waals surface area contributed by atoms with E-state index in [2.05, 4.69) is 22.1 Å². The maximum atomic E-state index is 13.0. The van der Waals surface area contributed by atoms with Gasteiger partial charge in [0, 0.05) is 51.9 Å². The quantitative estimate of drug-likeness (QED) is 0.467. The monoisotopic (exact) mass is 556 g/mol.